The summed E-state index contributed by atoms with van der Waals surface area (Å²) in [6, 6.07) is 10.2. The lowest BCUT2D eigenvalue weighted by Gasteiger charge is -2.44. The van der Waals surface area contributed by atoms with Gasteiger partial charge in [0.25, 0.3) is 0 Å². The first-order valence-electron chi connectivity index (χ1n) is 10.4. The third-order valence-electron chi connectivity index (χ3n) is 6.33. The highest BCUT2D eigenvalue weighted by Crippen LogP contribution is 2.30. The van der Waals surface area contributed by atoms with Crippen LogP contribution < -0.4 is 5.73 Å². The average molecular weight is 423 g/mol. The van der Waals surface area contributed by atoms with Crippen LogP contribution in [0, 0.1) is 11.3 Å². The summed E-state index contributed by atoms with van der Waals surface area (Å²) in [6.07, 6.45) is 2.35. The van der Waals surface area contributed by atoms with Gasteiger partial charge < -0.3 is 20.4 Å². The molecular weight excluding hydrogens is 388 g/mol. The van der Waals surface area contributed by atoms with Crippen LogP contribution in [0.5, 0.6) is 0 Å². The molecule has 2 fully saturated rings. The fraction of sp³-hybridized carbons (Fsp3) is 0.636. The zero-order chi connectivity index (χ0) is 20.3. The summed E-state index contributed by atoms with van der Waals surface area (Å²) in [7, 11) is 1.84. The molecule has 0 aliphatic carbocycles. The summed E-state index contributed by atoms with van der Waals surface area (Å²) in [6.45, 7) is 7.65. The normalized spacial score (nSPS) is 22.0. The predicted molar refractivity (Wildman–Crippen MR) is 118 cm³/mol. The van der Waals surface area contributed by atoms with Crippen molar-refractivity contribution >= 4 is 24.3 Å². The maximum atomic E-state index is 13.0. The quantitative estimate of drug-likeness (QED) is 0.814. The lowest BCUT2D eigenvalue weighted by atomic mass is 9.79. The number of urea groups is 1. The SMILES string of the molecule is CN(Cc1ccccc1)C(=O)N1CCC(C(=O)N2CCC(N)C(C)(C)C2)CC1.Cl. The molecule has 6 nitrogen and oxygen atoms in total. The van der Waals surface area contributed by atoms with Gasteiger partial charge >= 0.3 is 6.03 Å². The van der Waals surface area contributed by atoms with Gasteiger partial charge in [0.05, 0.1) is 0 Å². The largest absolute Gasteiger partial charge is 0.342 e. The minimum atomic E-state index is -0.0370. The van der Waals surface area contributed by atoms with E-state index in [1.54, 1.807) is 4.90 Å². The Morgan fingerprint density at radius 1 is 1.07 bits per heavy atom. The third-order valence-corrected chi connectivity index (χ3v) is 6.33. The molecule has 2 N–H and O–H groups in total. The van der Waals surface area contributed by atoms with Crippen molar-refractivity contribution < 1.29 is 9.59 Å². The number of likely N-dealkylation sites (tertiary alicyclic amines) is 2. The second-order valence-corrected chi connectivity index (χ2v) is 9.03. The van der Waals surface area contributed by atoms with E-state index in [1.165, 1.54) is 0 Å². The van der Waals surface area contributed by atoms with Crippen molar-refractivity contribution in [2.75, 3.05) is 33.2 Å². The molecule has 1 atom stereocenters. The second-order valence-electron chi connectivity index (χ2n) is 9.03. The van der Waals surface area contributed by atoms with E-state index in [1.807, 2.05) is 47.2 Å². The van der Waals surface area contributed by atoms with Gasteiger partial charge in [0.15, 0.2) is 0 Å². The van der Waals surface area contributed by atoms with E-state index >= 15 is 0 Å². The highest BCUT2D eigenvalue weighted by molar-refractivity contribution is 5.85. The van der Waals surface area contributed by atoms with Crippen LogP contribution in [0.1, 0.15) is 38.7 Å². The standard InChI is InChI=1S/C22H34N4O2.ClH/c1-22(2)16-26(14-11-19(22)23)20(27)18-9-12-25(13-10-18)21(28)24(3)15-17-7-5-4-6-8-17;/h4-8,18-19H,9-16,23H2,1-3H3;1H. The summed E-state index contributed by atoms with van der Waals surface area (Å²) in [5.74, 6) is 0.262. The number of carbonyl (C=O) groups is 2. The van der Waals surface area contributed by atoms with Crippen molar-refractivity contribution in [3.8, 4) is 0 Å². The number of halogens is 1. The lowest BCUT2D eigenvalue weighted by molar-refractivity contribution is -0.140. The Hall–Kier alpha value is -1.79. The molecule has 29 heavy (non-hydrogen) atoms. The van der Waals surface area contributed by atoms with Crippen molar-refractivity contribution in [1.82, 2.24) is 14.7 Å². The molecule has 0 saturated carbocycles. The van der Waals surface area contributed by atoms with Gasteiger partial charge in [-0.15, -0.1) is 12.4 Å². The molecule has 2 aliphatic heterocycles. The van der Waals surface area contributed by atoms with Crippen LogP contribution in [0.3, 0.4) is 0 Å². The lowest BCUT2D eigenvalue weighted by Crippen LogP contribution is -2.56. The van der Waals surface area contributed by atoms with Gasteiger partial charge in [0, 0.05) is 51.7 Å². The second kappa shape index (κ2) is 9.81. The van der Waals surface area contributed by atoms with Crippen LogP contribution in [0.25, 0.3) is 0 Å². The van der Waals surface area contributed by atoms with E-state index in [0.29, 0.717) is 19.6 Å². The van der Waals surface area contributed by atoms with Gasteiger partial charge in [-0.3, -0.25) is 4.79 Å². The van der Waals surface area contributed by atoms with Crippen molar-refractivity contribution in [3.05, 3.63) is 35.9 Å². The highest BCUT2D eigenvalue weighted by atomic mass is 35.5. The van der Waals surface area contributed by atoms with E-state index < -0.39 is 0 Å². The Kier molecular flexibility index (Phi) is 7.94. The van der Waals surface area contributed by atoms with Gasteiger partial charge in [0.1, 0.15) is 0 Å². The minimum Gasteiger partial charge on any atom is -0.342 e. The minimum absolute atomic E-state index is 0. The summed E-state index contributed by atoms with van der Waals surface area (Å²) < 4.78 is 0. The molecule has 0 radical (unpaired) electrons. The molecule has 2 saturated heterocycles. The molecule has 7 heteroatoms. The number of benzene rings is 1. The molecular formula is C22H35ClN4O2. The van der Waals surface area contributed by atoms with Gasteiger partial charge in [-0.25, -0.2) is 4.79 Å². The van der Waals surface area contributed by atoms with E-state index in [2.05, 4.69) is 13.8 Å². The number of carbonyl (C=O) groups excluding carboxylic acids is 2. The number of nitrogens with zero attached hydrogens (tertiary/aromatic N) is 3. The molecule has 3 amide bonds. The van der Waals surface area contributed by atoms with Crippen LogP contribution in [0.2, 0.25) is 0 Å². The van der Waals surface area contributed by atoms with Gasteiger partial charge in [-0.1, -0.05) is 44.2 Å². The zero-order valence-electron chi connectivity index (χ0n) is 17.8. The summed E-state index contributed by atoms with van der Waals surface area (Å²) in [5.41, 5.74) is 7.28. The topological polar surface area (TPSA) is 69.9 Å². The number of amides is 3. The van der Waals surface area contributed by atoms with Crippen LogP contribution >= 0.6 is 12.4 Å². The Balaban J connectivity index is 0.00000300. The fourth-order valence-electron chi connectivity index (χ4n) is 4.30. The van der Waals surface area contributed by atoms with Gasteiger partial charge in [-0.2, -0.15) is 0 Å². The van der Waals surface area contributed by atoms with E-state index in [4.69, 9.17) is 5.73 Å². The Morgan fingerprint density at radius 2 is 1.66 bits per heavy atom. The van der Waals surface area contributed by atoms with Crippen LogP contribution in [-0.2, 0) is 11.3 Å². The van der Waals surface area contributed by atoms with Crippen LogP contribution in [0.4, 0.5) is 4.79 Å². The molecule has 2 aliphatic rings. The Labute approximate surface area is 180 Å². The third kappa shape index (κ3) is 5.64. The van der Waals surface area contributed by atoms with Crippen molar-refractivity contribution in [3.63, 3.8) is 0 Å². The van der Waals surface area contributed by atoms with E-state index in [-0.39, 0.29) is 41.7 Å². The molecule has 3 rings (SSSR count). The first-order valence-corrected chi connectivity index (χ1v) is 10.4. The number of piperidine rings is 2. The first kappa shape index (κ1) is 23.5. The summed E-state index contributed by atoms with van der Waals surface area (Å²) in [4.78, 5) is 31.3. The van der Waals surface area contributed by atoms with Crippen LogP contribution in [-0.4, -0.2) is 65.9 Å². The smallest absolute Gasteiger partial charge is 0.320 e. The molecule has 0 bridgehead atoms. The molecule has 1 aromatic rings. The Bertz CT molecular complexity index is 689. The van der Waals surface area contributed by atoms with Crippen LogP contribution in [0.15, 0.2) is 30.3 Å². The molecule has 0 spiro atoms. The first-order chi connectivity index (χ1) is 13.3. The maximum Gasteiger partial charge on any atom is 0.320 e. The predicted octanol–water partition coefficient (Wildman–Crippen LogP) is 2.96. The van der Waals surface area contributed by atoms with Gasteiger partial charge in [0.2, 0.25) is 5.91 Å². The maximum absolute atomic E-state index is 13.0. The molecule has 0 aromatic heterocycles. The van der Waals surface area contributed by atoms with Crippen molar-refractivity contribution in [1.29, 1.82) is 0 Å². The number of hydrogen-bond donors (Lipinski definition) is 1. The molecule has 2 heterocycles. The average Bonchev–Trinajstić information content (AvgIpc) is 2.69. The molecule has 1 unspecified atom stereocenters. The summed E-state index contributed by atoms with van der Waals surface area (Å²) >= 11 is 0. The highest BCUT2D eigenvalue weighted by Gasteiger charge is 2.38. The summed E-state index contributed by atoms with van der Waals surface area (Å²) in [5, 5.41) is 0. The number of rotatable bonds is 3. The van der Waals surface area contributed by atoms with Crippen molar-refractivity contribution in [2.45, 2.75) is 45.7 Å². The number of hydrogen-bond acceptors (Lipinski definition) is 3. The van der Waals surface area contributed by atoms with Crippen molar-refractivity contribution in [2.24, 2.45) is 17.1 Å². The Morgan fingerprint density at radius 3 is 2.24 bits per heavy atom. The fourth-order valence-corrected chi connectivity index (χ4v) is 4.30. The zero-order valence-corrected chi connectivity index (χ0v) is 18.7. The molecule has 162 valence electrons. The number of nitrogens with two attached hydrogens (primary N) is 1. The molecule has 1 aromatic carbocycles. The van der Waals surface area contributed by atoms with Gasteiger partial charge in [-0.05, 0) is 30.2 Å². The monoisotopic (exact) mass is 422 g/mol. The van der Waals surface area contributed by atoms with E-state index in [9.17, 15) is 9.59 Å². The van der Waals surface area contributed by atoms with E-state index in [0.717, 1.165) is 37.9 Å².